The third kappa shape index (κ3) is 5.03. The number of pyridine rings is 1. The maximum absolute atomic E-state index is 12.2. The van der Waals surface area contributed by atoms with Crippen molar-refractivity contribution in [3.63, 3.8) is 0 Å². The first-order valence-corrected chi connectivity index (χ1v) is 8.15. The zero-order chi connectivity index (χ0) is 15.1. The van der Waals surface area contributed by atoms with E-state index in [-0.39, 0.29) is 5.91 Å². The Bertz CT molecular complexity index is 451. The van der Waals surface area contributed by atoms with Gasteiger partial charge in [-0.05, 0) is 31.2 Å². The highest BCUT2D eigenvalue weighted by Crippen LogP contribution is 2.19. The van der Waals surface area contributed by atoms with Crippen LogP contribution in [0.15, 0.2) is 18.5 Å². The van der Waals surface area contributed by atoms with Crippen molar-refractivity contribution >= 4 is 11.6 Å². The van der Waals surface area contributed by atoms with Gasteiger partial charge in [0.25, 0.3) is 5.91 Å². The van der Waals surface area contributed by atoms with Gasteiger partial charge in [-0.3, -0.25) is 9.78 Å². The third-order valence-corrected chi connectivity index (χ3v) is 3.96. The van der Waals surface area contributed by atoms with Crippen molar-refractivity contribution in [3.05, 3.63) is 24.0 Å². The first-order valence-electron chi connectivity index (χ1n) is 8.15. The lowest BCUT2D eigenvalue weighted by atomic mass is 10.1. The maximum Gasteiger partial charge on any atom is 0.252 e. The second-order valence-electron chi connectivity index (χ2n) is 6.27. The smallest absolute Gasteiger partial charge is 0.252 e. The van der Waals surface area contributed by atoms with Gasteiger partial charge in [0.2, 0.25) is 0 Å². The Kier molecular flexibility index (Phi) is 6.03. The molecular formula is C17H27N3O. The molecular weight excluding hydrogens is 262 g/mol. The average Bonchev–Trinajstić information content (AvgIpc) is 2.76. The lowest BCUT2D eigenvalue weighted by Crippen LogP contribution is -2.27. The lowest BCUT2D eigenvalue weighted by Gasteiger charge is -2.22. The van der Waals surface area contributed by atoms with Crippen LogP contribution >= 0.6 is 0 Å². The van der Waals surface area contributed by atoms with E-state index in [4.69, 9.17) is 0 Å². The van der Waals surface area contributed by atoms with E-state index in [0.717, 1.165) is 31.7 Å². The molecule has 0 atom stereocenters. The molecule has 1 aliphatic rings. The second kappa shape index (κ2) is 8.01. The standard InChI is InChI=1S/C17H27N3O/c1-14(2)7-8-19-17(21)15-11-16(13-18-12-15)20-9-5-3-4-6-10-20/h11-14H,3-10H2,1-2H3,(H,19,21). The zero-order valence-electron chi connectivity index (χ0n) is 13.3. The van der Waals surface area contributed by atoms with Crippen LogP contribution in [0.25, 0.3) is 0 Å². The van der Waals surface area contributed by atoms with Gasteiger partial charge in [-0.2, -0.15) is 0 Å². The zero-order valence-corrected chi connectivity index (χ0v) is 13.3. The topological polar surface area (TPSA) is 45.2 Å². The summed E-state index contributed by atoms with van der Waals surface area (Å²) in [5.74, 6) is 0.590. The molecule has 1 aromatic rings. The predicted molar refractivity (Wildman–Crippen MR) is 86.7 cm³/mol. The van der Waals surface area contributed by atoms with Crippen molar-refractivity contribution in [1.82, 2.24) is 10.3 Å². The van der Waals surface area contributed by atoms with Gasteiger partial charge >= 0.3 is 0 Å². The van der Waals surface area contributed by atoms with Crippen LogP contribution in [0.3, 0.4) is 0 Å². The molecule has 2 rings (SSSR count). The number of nitrogens with one attached hydrogen (secondary N) is 1. The van der Waals surface area contributed by atoms with Gasteiger partial charge in [0.1, 0.15) is 0 Å². The van der Waals surface area contributed by atoms with Crippen molar-refractivity contribution in [1.29, 1.82) is 0 Å². The van der Waals surface area contributed by atoms with Crippen LogP contribution in [0.2, 0.25) is 0 Å². The van der Waals surface area contributed by atoms with Gasteiger partial charge in [-0.15, -0.1) is 0 Å². The molecule has 0 aromatic carbocycles. The molecule has 0 aliphatic carbocycles. The predicted octanol–water partition coefficient (Wildman–Crippen LogP) is 3.24. The lowest BCUT2D eigenvalue weighted by molar-refractivity contribution is 0.0951. The molecule has 1 aliphatic heterocycles. The molecule has 21 heavy (non-hydrogen) atoms. The normalized spacial score (nSPS) is 15.9. The Morgan fingerprint density at radius 1 is 1.24 bits per heavy atom. The van der Waals surface area contributed by atoms with Crippen LogP contribution < -0.4 is 10.2 Å². The summed E-state index contributed by atoms with van der Waals surface area (Å²) in [6.45, 7) is 7.19. The van der Waals surface area contributed by atoms with Crippen LogP contribution in [0.5, 0.6) is 0 Å². The number of anilines is 1. The van der Waals surface area contributed by atoms with Crippen molar-refractivity contribution < 1.29 is 4.79 Å². The van der Waals surface area contributed by atoms with Gasteiger partial charge in [0, 0.05) is 25.8 Å². The number of rotatable bonds is 5. The van der Waals surface area contributed by atoms with E-state index in [9.17, 15) is 4.79 Å². The number of hydrogen-bond donors (Lipinski definition) is 1. The van der Waals surface area contributed by atoms with E-state index in [1.54, 1.807) is 6.20 Å². The SMILES string of the molecule is CC(C)CCNC(=O)c1cncc(N2CCCCCC2)c1. The summed E-state index contributed by atoms with van der Waals surface area (Å²) in [4.78, 5) is 18.8. The Morgan fingerprint density at radius 2 is 1.95 bits per heavy atom. The average molecular weight is 289 g/mol. The highest BCUT2D eigenvalue weighted by molar-refractivity contribution is 5.94. The first-order chi connectivity index (χ1) is 10.2. The molecule has 1 amide bonds. The molecule has 0 unspecified atom stereocenters. The molecule has 4 nitrogen and oxygen atoms in total. The molecule has 1 aromatic heterocycles. The molecule has 4 heteroatoms. The second-order valence-corrected chi connectivity index (χ2v) is 6.27. The molecule has 1 N–H and O–H groups in total. The number of amides is 1. The van der Waals surface area contributed by atoms with Crippen molar-refractivity contribution in [2.45, 2.75) is 46.0 Å². The Hall–Kier alpha value is -1.58. The Morgan fingerprint density at radius 3 is 2.62 bits per heavy atom. The number of aromatic nitrogens is 1. The van der Waals surface area contributed by atoms with E-state index in [1.807, 2.05) is 12.3 Å². The summed E-state index contributed by atoms with van der Waals surface area (Å²) in [5.41, 5.74) is 1.74. The minimum Gasteiger partial charge on any atom is -0.370 e. The van der Waals surface area contributed by atoms with Gasteiger partial charge < -0.3 is 10.2 Å². The summed E-state index contributed by atoms with van der Waals surface area (Å²) in [6, 6.07) is 1.98. The highest BCUT2D eigenvalue weighted by Gasteiger charge is 2.13. The first kappa shape index (κ1) is 15.8. The monoisotopic (exact) mass is 289 g/mol. The van der Waals surface area contributed by atoms with Crippen molar-refractivity contribution in [2.24, 2.45) is 5.92 Å². The molecule has 116 valence electrons. The van der Waals surface area contributed by atoms with Gasteiger partial charge in [0.15, 0.2) is 0 Å². The summed E-state index contributed by atoms with van der Waals surface area (Å²) in [7, 11) is 0. The van der Waals surface area contributed by atoms with Gasteiger partial charge in [-0.25, -0.2) is 0 Å². The van der Waals surface area contributed by atoms with E-state index in [1.165, 1.54) is 25.7 Å². The highest BCUT2D eigenvalue weighted by atomic mass is 16.1. The summed E-state index contributed by atoms with van der Waals surface area (Å²) < 4.78 is 0. The van der Waals surface area contributed by atoms with Crippen molar-refractivity contribution in [2.75, 3.05) is 24.5 Å². The minimum atomic E-state index is -0.0141. The fourth-order valence-corrected chi connectivity index (χ4v) is 2.63. The molecule has 1 fully saturated rings. The molecule has 0 spiro atoms. The molecule has 0 radical (unpaired) electrons. The largest absolute Gasteiger partial charge is 0.370 e. The molecule has 0 saturated carbocycles. The van der Waals surface area contributed by atoms with E-state index in [0.29, 0.717) is 11.5 Å². The third-order valence-electron chi connectivity index (χ3n) is 3.96. The van der Waals surface area contributed by atoms with Crippen LogP contribution in [0.4, 0.5) is 5.69 Å². The molecule has 2 heterocycles. The van der Waals surface area contributed by atoms with Crippen LogP contribution in [0.1, 0.15) is 56.3 Å². The van der Waals surface area contributed by atoms with E-state index < -0.39 is 0 Å². The summed E-state index contributed by atoms with van der Waals surface area (Å²) in [5, 5.41) is 2.98. The van der Waals surface area contributed by atoms with Crippen LogP contribution in [0, 0.1) is 5.92 Å². The number of nitrogens with zero attached hydrogens (tertiary/aromatic N) is 2. The minimum absolute atomic E-state index is 0.0141. The molecule has 0 bridgehead atoms. The van der Waals surface area contributed by atoms with Crippen LogP contribution in [-0.4, -0.2) is 30.5 Å². The quantitative estimate of drug-likeness (QED) is 0.905. The number of carbonyl (C=O) groups is 1. The summed E-state index contributed by atoms with van der Waals surface area (Å²) in [6.07, 6.45) is 9.60. The molecule has 1 saturated heterocycles. The van der Waals surface area contributed by atoms with Crippen LogP contribution in [-0.2, 0) is 0 Å². The van der Waals surface area contributed by atoms with E-state index >= 15 is 0 Å². The fraction of sp³-hybridized carbons (Fsp3) is 0.647. The van der Waals surface area contributed by atoms with Gasteiger partial charge in [0.05, 0.1) is 17.4 Å². The number of carbonyl (C=O) groups excluding carboxylic acids is 1. The number of hydrogen-bond acceptors (Lipinski definition) is 3. The maximum atomic E-state index is 12.2. The summed E-state index contributed by atoms with van der Waals surface area (Å²) >= 11 is 0. The fourth-order valence-electron chi connectivity index (χ4n) is 2.63. The van der Waals surface area contributed by atoms with Crippen molar-refractivity contribution in [3.8, 4) is 0 Å². The van der Waals surface area contributed by atoms with Gasteiger partial charge in [-0.1, -0.05) is 26.7 Å². The van der Waals surface area contributed by atoms with E-state index in [2.05, 4.69) is 29.0 Å². The Labute approximate surface area is 127 Å². The Balaban J connectivity index is 1.97.